The zero-order chi connectivity index (χ0) is 15.9. The smallest absolute Gasteiger partial charge is 0.125 e. The van der Waals surface area contributed by atoms with Crippen LogP contribution in [-0.4, -0.2) is 24.4 Å². The molecule has 126 valence electrons. The molecular weight excluding hydrogens is 310 g/mol. The third kappa shape index (κ3) is 5.87. The Kier molecular flexibility index (Phi) is 8.10. The second kappa shape index (κ2) is 9.56. The summed E-state index contributed by atoms with van der Waals surface area (Å²) in [5.41, 5.74) is 3.40. The van der Waals surface area contributed by atoms with Crippen molar-refractivity contribution in [1.82, 2.24) is 5.32 Å². The van der Waals surface area contributed by atoms with Crippen LogP contribution in [0, 0.1) is 13.8 Å². The minimum Gasteiger partial charge on any atom is -0.490 e. The molecule has 2 aromatic rings. The van der Waals surface area contributed by atoms with Crippen molar-refractivity contribution < 1.29 is 9.84 Å². The summed E-state index contributed by atoms with van der Waals surface area (Å²) in [6.45, 7) is 6.92. The Labute approximate surface area is 145 Å². The highest BCUT2D eigenvalue weighted by Crippen LogP contribution is 2.22. The van der Waals surface area contributed by atoms with Gasteiger partial charge in [-0.15, -0.1) is 12.4 Å². The molecule has 0 aliphatic heterocycles. The first-order valence-electron chi connectivity index (χ1n) is 7.73. The van der Waals surface area contributed by atoms with E-state index >= 15 is 0 Å². The zero-order valence-corrected chi connectivity index (χ0v) is 14.8. The van der Waals surface area contributed by atoms with Crippen molar-refractivity contribution in [3.05, 3.63) is 65.2 Å². The summed E-state index contributed by atoms with van der Waals surface area (Å²) in [6, 6.07) is 16.5. The number of benzene rings is 2. The monoisotopic (exact) mass is 335 g/mol. The molecule has 0 aliphatic rings. The summed E-state index contributed by atoms with van der Waals surface area (Å²) in [5, 5.41) is 13.4. The van der Waals surface area contributed by atoms with Gasteiger partial charge in [-0.3, -0.25) is 0 Å². The van der Waals surface area contributed by atoms with E-state index in [9.17, 15) is 5.11 Å². The van der Waals surface area contributed by atoms with Crippen molar-refractivity contribution >= 4 is 12.4 Å². The molecule has 2 atom stereocenters. The molecule has 0 bridgehead atoms. The molecule has 0 amide bonds. The third-order valence-electron chi connectivity index (χ3n) is 3.79. The van der Waals surface area contributed by atoms with Gasteiger partial charge in [-0.1, -0.05) is 48.5 Å². The van der Waals surface area contributed by atoms with Crippen LogP contribution >= 0.6 is 12.4 Å². The average Bonchev–Trinajstić information content (AvgIpc) is 2.53. The average molecular weight is 336 g/mol. The normalized spacial score (nSPS) is 13.0. The number of rotatable bonds is 7. The van der Waals surface area contributed by atoms with Crippen LogP contribution in [0.15, 0.2) is 48.5 Å². The van der Waals surface area contributed by atoms with Crippen LogP contribution in [0.3, 0.4) is 0 Å². The second-order valence-electron chi connectivity index (χ2n) is 5.73. The Morgan fingerprint density at radius 2 is 1.61 bits per heavy atom. The van der Waals surface area contributed by atoms with E-state index in [0.717, 1.165) is 16.9 Å². The van der Waals surface area contributed by atoms with E-state index in [-0.39, 0.29) is 18.4 Å². The molecule has 3 nitrogen and oxygen atoms in total. The quantitative estimate of drug-likeness (QED) is 0.808. The number of aryl methyl sites for hydroxylation is 2. The van der Waals surface area contributed by atoms with Crippen LogP contribution < -0.4 is 10.1 Å². The maximum Gasteiger partial charge on any atom is 0.125 e. The summed E-state index contributed by atoms with van der Waals surface area (Å²) in [4.78, 5) is 0. The van der Waals surface area contributed by atoms with Crippen LogP contribution in [0.25, 0.3) is 0 Å². The van der Waals surface area contributed by atoms with Gasteiger partial charge in [0.15, 0.2) is 0 Å². The molecule has 0 saturated carbocycles. The van der Waals surface area contributed by atoms with E-state index in [1.165, 1.54) is 5.56 Å². The molecule has 4 heteroatoms. The molecule has 0 aromatic heterocycles. The standard InChI is InChI=1S/C19H25NO2.ClH/c1-14-8-7-9-15(2)19(14)22-13-18(21)12-20-16(3)17-10-5-4-6-11-17;/h4-11,16,18,20-21H,12-13H2,1-3H3;1H. The minimum atomic E-state index is -0.537. The van der Waals surface area contributed by atoms with E-state index in [0.29, 0.717) is 13.2 Å². The fourth-order valence-corrected chi connectivity index (χ4v) is 2.44. The largest absolute Gasteiger partial charge is 0.490 e. The lowest BCUT2D eigenvalue weighted by Crippen LogP contribution is -2.33. The van der Waals surface area contributed by atoms with Crippen LogP contribution in [0.5, 0.6) is 5.75 Å². The SMILES string of the molecule is Cc1cccc(C)c1OCC(O)CNC(C)c1ccccc1.Cl. The molecule has 2 N–H and O–H groups in total. The number of aliphatic hydroxyl groups excluding tert-OH is 1. The van der Waals surface area contributed by atoms with Gasteiger partial charge >= 0.3 is 0 Å². The van der Waals surface area contributed by atoms with E-state index in [1.807, 2.05) is 50.2 Å². The summed E-state index contributed by atoms with van der Waals surface area (Å²) in [5.74, 6) is 0.873. The van der Waals surface area contributed by atoms with Gasteiger partial charge in [0.1, 0.15) is 18.5 Å². The van der Waals surface area contributed by atoms with E-state index < -0.39 is 6.10 Å². The highest BCUT2D eigenvalue weighted by molar-refractivity contribution is 5.85. The zero-order valence-electron chi connectivity index (χ0n) is 14.0. The molecule has 2 unspecified atom stereocenters. The number of aliphatic hydroxyl groups is 1. The molecule has 2 aromatic carbocycles. The molecule has 0 saturated heterocycles. The topological polar surface area (TPSA) is 41.5 Å². The Balaban J connectivity index is 0.00000264. The van der Waals surface area contributed by atoms with Gasteiger partial charge in [0.05, 0.1) is 0 Å². The first kappa shape index (κ1) is 19.5. The fourth-order valence-electron chi connectivity index (χ4n) is 2.44. The van der Waals surface area contributed by atoms with Gasteiger partial charge < -0.3 is 15.2 Å². The fraction of sp³-hybridized carbons (Fsp3) is 0.368. The van der Waals surface area contributed by atoms with Gasteiger partial charge in [-0.05, 0) is 37.5 Å². The Bertz CT molecular complexity index is 569. The predicted molar refractivity (Wildman–Crippen MR) is 97.5 cm³/mol. The molecular formula is C19H26ClNO2. The Hall–Kier alpha value is -1.55. The maximum atomic E-state index is 10.1. The van der Waals surface area contributed by atoms with Gasteiger partial charge in [0.2, 0.25) is 0 Å². The van der Waals surface area contributed by atoms with E-state index in [2.05, 4.69) is 24.4 Å². The minimum absolute atomic E-state index is 0. The number of hydrogen-bond donors (Lipinski definition) is 2. The highest BCUT2D eigenvalue weighted by Gasteiger charge is 2.11. The van der Waals surface area contributed by atoms with Gasteiger partial charge in [-0.2, -0.15) is 0 Å². The molecule has 0 fully saturated rings. The van der Waals surface area contributed by atoms with Crippen molar-refractivity contribution in [2.75, 3.05) is 13.2 Å². The lowest BCUT2D eigenvalue weighted by molar-refractivity contribution is 0.103. The number of nitrogens with one attached hydrogen (secondary N) is 1. The van der Waals surface area contributed by atoms with Crippen molar-refractivity contribution in [3.63, 3.8) is 0 Å². The maximum absolute atomic E-state index is 10.1. The molecule has 0 aliphatic carbocycles. The van der Waals surface area contributed by atoms with Crippen LogP contribution in [-0.2, 0) is 0 Å². The molecule has 2 rings (SSSR count). The highest BCUT2D eigenvalue weighted by atomic mass is 35.5. The summed E-state index contributed by atoms with van der Waals surface area (Å²) in [6.07, 6.45) is -0.537. The van der Waals surface area contributed by atoms with Crippen molar-refractivity contribution in [3.8, 4) is 5.75 Å². The lowest BCUT2D eigenvalue weighted by Gasteiger charge is -2.19. The van der Waals surface area contributed by atoms with Crippen molar-refractivity contribution in [2.45, 2.75) is 32.9 Å². The number of hydrogen-bond acceptors (Lipinski definition) is 3. The lowest BCUT2D eigenvalue weighted by atomic mass is 10.1. The first-order chi connectivity index (χ1) is 10.6. The summed E-state index contributed by atoms with van der Waals surface area (Å²) >= 11 is 0. The number of para-hydroxylation sites is 1. The third-order valence-corrected chi connectivity index (χ3v) is 3.79. The van der Waals surface area contributed by atoms with Crippen LogP contribution in [0.4, 0.5) is 0 Å². The Morgan fingerprint density at radius 1 is 1.00 bits per heavy atom. The summed E-state index contributed by atoms with van der Waals surface area (Å²) in [7, 11) is 0. The molecule has 0 spiro atoms. The number of halogens is 1. The van der Waals surface area contributed by atoms with Crippen LogP contribution in [0.1, 0.15) is 29.7 Å². The molecule has 0 radical (unpaired) electrons. The van der Waals surface area contributed by atoms with Gasteiger partial charge in [-0.25, -0.2) is 0 Å². The van der Waals surface area contributed by atoms with Crippen LogP contribution in [0.2, 0.25) is 0 Å². The van der Waals surface area contributed by atoms with Gasteiger partial charge in [0.25, 0.3) is 0 Å². The van der Waals surface area contributed by atoms with Gasteiger partial charge in [0, 0.05) is 12.6 Å². The second-order valence-corrected chi connectivity index (χ2v) is 5.73. The van der Waals surface area contributed by atoms with E-state index in [1.54, 1.807) is 0 Å². The van der Waals surface area contributed by atoms with Crippen molar-refractivity contribution in [2.24, 2.45) is 0 Å². The predicted octanol–water partition coefficient (Wildman–Crippen LogP) is 3.82. The Morgan fingerprint density at radius 3 is 2.22 bits per heavy atom. The summed E-state index contributed by atoms with van der Waals surface area (Å²) < 4.78 is 5.78. The van der Waals surface area contributed by atoms with E-state index in [4.69, 9.17) is 4.74 Å². The number of ether oxygens (including phenoxy) is 1. The van der Waals surface area contributed by atoms with Crippen molar-refractivity contribution in [1.29, 1.82) is 0 Å². The molecule has 0 heterocycles. The first-order valence-corrected chi connectivity index (χ1v) is 7.73. The molecule has 23 heavy (non-hydrogen) atoms.